The molecule has 0 saturated heterocycles. The molecule has 0 fully saturated rings. The van der Waals surface area contributed by atoms with Gasteiger partial charge in [0.25, 0.3) is 5.69 Å². The van der Waals surface area contributed by atoms with Gasteiger partial charge in [-0.2, -0.15) is 8.78 Å². The number of anilines is 1. The van der Waals surface area contributed by atoms with Gasteiger partial charge in [0.15, 0.2) is 0 Å². The maximum absolute atomic E-state index is 11.8. The molecule has 0 aliphatic heterocycles. The Morgan fingerprint density at radius 3 is 2.67 bits per heavy atom. The highest BCUT2D eigenvalue weighted by atomic mass is 19.3. The minimum Gasteiger partial charge on any atom is -0.435 e. The van der Waals surface area contributed by atoms with Crippen molar-refractivity contribution in [2.24, 2.45) is 5.84 Å². The number of nitro groups is 1. The summed E-state index contributed by atoms with van der Waals surface area (Å²) in [7, 11) is 0. The number of nitro benzene ring substituents is 1. The Morgan fingerprint density at radius 2 is 2.20 bits per heavy atom. The third-order valence-corrected chi connectivity index (χ3v) is 1.55. The van der Waals surface area contributed by atoms with E-state index in [4.69, 9.17) is 5.84 Å². The van der Waals surface area contributed by atoms with Crippen molar-refractivity contribution in [1.82, 2.24) is 0 Å². The van der Waals surface area contributed by atoms with Gasteiger partial charge in [-0.05, 0) is 12.1 Å². The van der Waals surface area contributed by atoms with Crippen LogP contribution in [0.1, 0.15) is 0 Å². The molecule has 1 rings (SSSR count). The van der Waals surface area contributed by atoms with Crippen molar-refractivity contribution < 1.29 is 18.4 Å². The number of alkyl halides is 2. The van der Waals surface area contributed by atoms with Crippen molar-refractivity contribution in [1.29, 1.82) is 0 Å². The Labute approximate surface area is 82.8 Å². The van der Waals surface area contributed by atoms with Crippen LogP contribution in [0.15, 0.2) is 18.2 Å². The Morgan fingerprint density at radius 1 is 1.53 bits per heavy atom. The van der Waals surface area contributed by atoms with E-state index in [2.05, 4.69) is 10.2 Å². The zero-order valence-corrected chi connectivity index (χ0v) is 7.31. The van der Waals surface area contributed by atoms with Crippen LogP contribution in [0.2, 0.25) is 0 Å². The predicted octanol–water partition coefficient (Wildman–Crippen LogP) is 1.48. The first kappa shape index (κ1) is 11.1. The maximum Gasteiger partial charge on any atom is 0.387 e. The molecule has 6 nitrogen and oxygen atoms in total. The van der Waals surface area contributed by atoms with Gasteiger partial charge in [0, 0.05) is 0 Å². The third-order valence-electron chi connectivity index (χ3n) is 1.55. The first-order chi connectivity index (χ1) is 7.04. The molecule has 0 unspecified atom stereocenters. The monoisotopic (exact) mass is 219 g/mol. The highest BCUT2D eigenvalue weighted by Gasteiger charge is 2.15. The average Bonchev–Trinajstić information content (AvgIpc) is 2.16. The molecule has 1 aromatic rings. The largest absolute Gasteiger partial charge is 0.435 e. The van der Waals surface area contributed by atoms with Crippen molar-refractivity contribution in [2.75, 3.05) is 5.43 Å². The van der Waals surface area contributed by atoms with E-state index in [0.717, 1.165) is 12.1 Å². The van der Waals surface area contributed by atoms with Gasteiger partial charge in [0.05, 0.1) is 11.0 Å². The smallest absolute Gasteiger partial charge is 0.387 e. The number of nitrogens with one attached hydrogen (secondary N) is 1. The molecule has 0 saturated carbocycles. The second-order valence-corrected chi connectivity index (χ2v) is 2.46. The number of nitrogen functional groups attached to an aromatic ring is 1. The summed E-state index contributed by atoms with van der Waals surface area (Å²) in [6.45, 7) is -3.03. The lowest BCUT2D eigenvalue weighted by Crippen LogP contribution is -2.09. The number of ether oxygens (including phenoxy) is 1. The molecule has 0 bridgehead atoms. The number of benzene rings is 1. The highest BCUT2D eigenvalue weighted by molar-refractivity contribution is 5.63. The lowest BCUT2D eigenvalue weighted by Gasteiger charge is -2.06. The zero-order chi connectivity index (χ0) is 11.4. The molecular weight excluding hydrogens is 212 g/mol. The molecule has 82 valence electrons. The van der Waals surface area contributed by atoms with Crippen LogP contribution in [0.5, 0.6) is 5.75 Å². The molecule has 0 radical (unpaired) electrons. The van der Waals surface area contributed by atoms with Crippen LogP contribution < -0.4 is 16.0 Å². The number of nitrogens with two attached hydrogens (primary N) is 1. The number of hydrogen-bond donors (Lipinski definition) is 2. The summed E-state index contributed by atoms with van der Waals surface area (Å²) in [5, 5.41) is 10.5. The van der Waals surface area contributed by atoms with Crippen molar-refractivity contribution in [3.8, 4) is 5.75 Å². The Hall–Kier alpha value is -1.96. The molecule has 0 amide bonds. The molecule has 1 aromatic carbocycles. The molecule has 0 aromatic heterocycles. The summed E-state index contributed by atoms with van der Waals surface area (Å²) in [5.74, 6) is 4.70. The second kappa shape index (κ2) is 4.51. The molecule has 0 atom stereocenters. The molecule has 0 aliphatic carbocycles. The molecule has 0 aliphatic rings. The van der Waals surface area contributed by atoms with E-state index in [1.54, 1.807) is 0 Å². The SMILES string of the molecule is NNc1ccc(OC(F)F)cc1[N+](=O)[O-]. The third kappa shape index (κ3) is 2.74. The van der Waals surface area contributed by atoms with E-state index in [1.165, 1.54) is 6.07 Å². The molecule has 8 heteroatoms. The fourth-order valence-corrected chi connectivity index (χ4v) is 0.961. The molecule has 3 N–H and O–H groups in total. The van der Waals surface area contributed by atoms with Crippen LogP contribution in [0.4, 0.5) is 20.2 Å². The fraction of sp³-hybridized carbons (Fsp3) is 0.143. The number of hydrogen-bond acceptors (Lipinski definition) is 5. The van der Waals surface area contributed by atoms with Gasteiger partial charge in [-0.25, -0.2) is 0 Å². The number of rotatable bonds is 4. The van der Waals surface area contributed by atoms with Gasteiger partial charge in [0.2, 0.25) is 0 Å². The van der Waals surface area contributed by atoms with Crippen molar-refractivity contribution in [3.05, 3.63) is 28.3 Å². The van der Waals surface area contributed by atoms with Crippen LogP contribution in [0.3, 0.4) is 0 Å². The molecule has 15 heavy (non-hydrogen) atoms. The van der Waals surface area contributed by atoms with E-state index in [0.29, 0.717) is 0 Å². The van der Waals surface area contributed by atoms with Crippen LogP contribution >= 0.6 is 0 Å². The molecular formula is C7H7F2N3O3. The van der Waals surface area contributed by atoms with E-state index >= 15 is 0 Å². The molecule has 0 spiro atoms. The van der Waals surface area contributed by atoms with Gasteiger partial charge in [0.1, 0.15) is 11.4 Å². The van der Waals surface area contributed by atoms with Crippen LogP contribution in [-0.4, -0.2) is 11.5 Å². The summed E-state index contributed by atoms with van der Waals surface area (Å²) >= 11 is 0. The second-order valence-electron chi connectivity index (χ2n) is 2.46. The minimum absolute atomic E-state index is 0.0154. The Bertz CT molecular complexity index is 372. The summed E-state index contributed by atoms with van der Waals surface area (Å²) in [6, 6.07) is 3.19. The van der Waals surface area contributed by atoms with Crippen LogP contribution in [-0.2, 0) is 0 Å². The van der Waals surface area contributed by atoms with Gasteiger partial charge >= 0.3 is 6.61 Å². The van der Waals surface area contributed by atoms with E-state index < -0.39 is 17.2 Å². The maximum atomic E-state index is 11.8. The van der Waals surface area contributed by atoms with Crippen molar-refractivity contribution >= 4 is 11.4 Å². The number of halogens is 2. The Balaban J connectivity index is 3.05. The van der Waals surface area contributed by atoms with Crippen LogP contribution in [0.25, 0.3) is 0 Å². The zero-order valence-electron chi connectivity index (χ0n) is 7.31. The standard InChI is InChI=1S/C7H7F2N3O3/c8-7(9)15-4-1-2-5(11-10)6(3-4)12(13)14/h1-3,7,11H,10H2. The topological polar surface area (TPSA) is 90.4 Å². The van der Waals surface area contributed by atoms with E-state index in [-0.39, 0.29) is 11.4 Å². The first-order valence-corrected chi connectivity index (χ1v) is 3.74. The lowest BCUT2D eigenvalue weighted by molar-refractivity contribution is -0.384. The van der Waals surface area contributed by atoms with Gasteiger partial charge in [-0.1, -0.05) is 0 Å². The quantitative estimate of drug-likeness (QED) is 0.454. The summed E-state index contributed by atoms with van der Waals surface area (Å²) < 4.78 is 27.6. The van der Waals surface area contributed by atoms with E-state index in [1.807, 2.05) is 0 Å². The Kier molecular flexibility index (Phi) is 3.34. The van der Waals surface area contributed by atoms with Crippen molar-refractivity contribution in [3.63, 3.8) is 0 Å². The normalized spacial score (nSPS) is 10.1. The van der Waals surface area contributed by atoms with Crippen LogP contribution in [0, 0.1) is 10.1 Å². The number of nitrogens with zero attached hydrogens (tertiary/aromatic N) is 1. The fourth-order valence-electron chi connectivity index (χ4n) is 0.961. The van der Waals surface area contributed by atoms with Gasteiger partial charge in [-0.3, -0.25) is 16.0 Å². The van der Waals surface area contributed by atoms with Crippen molar-refractivity contribution in [2.45, 2.75) is 6.61 Å². The first-order valence-electron chi connectivity index (χ1n) is 3.74. The average molecular weight is 219 g/mol. The summed E-state index contributed by atoms with van der Waals surface area (Å²) in [4.78, 5) is 9.73. The van der Waals surface area contributed by atoms with Gasteiger partial charge in [-0.15, -0.1) is 0 Å². The number of hydrazine groups is 1. The predicted molar refractivity (Wildman–Crippen MR) is 47.5 cm³/mol. The van der Waals surface area contributed by atoms with E-state index in [9.17, 15) is 18.9 Å². The van der Waals surface area contributed by atoms with Gasteiger partial charge < -0.3 is 10.2 Å². The minimum atomic E-state index is -3.03. The summed E-state index contributed by atoms with van der Waals surface area (Å²) in [6.07, 6.45) is 0. The molecule has 0 heterocycles. The summed E-state index contributed by atoms with van der Waals surface area (Å²) in [5.41, 5.74) is 1.65. The highest BCUT2D eigenvalue weighted by Crippen LogP contribution is 2.28. The lowest BCUT2D eigenvalue weighted by atomic mass is 10.2.